The third-order valence-electron chi connectivity index (χ3n) is 1.65. The molecule has 0 unspecified atom stereocenters. The Kier molecular flexibility index (Phi) is 4.25. The summed E-state index contributed by atoms with van der Waals surface area (Å²) in [6.45, 7) is 0. The first kappa shape index (κ1) is 10.8. The Bertz CT molecular complexity index is 376. The first-order chi connectivity index (χ1) is 6.68. The van der Waals surface area contributed by atoms with E-state index in [2.05, 4.69) is 4.40 Å². The lowest BCUT2D eigenvalue weighted by Crippen LogP contribution is -1.86. The lowest BCUT2D eigenvalue weighted by Gasteiger charge is -1.96. The first-order valence-corrected chi connectivity index (χ1v) is 5.23. The Balaban J connectivity index is 2.42. The van der Waals surface area contributed by atoms with Crippen molar-refractivity contribution < 1.29 is 12.8 Å². The predicted molar refractivity (Wildman–Crippen MR) is 53.5 cm³/mol. The van der Waals surface area contributed by atoms with E-state index < -0.39 is 10.9 Å². The molecule has 0 aliphatic rings. The molecule has 0 aliphatic carbocycles. The van der Waals surface area contributed by atoms with Crippen LogP contribution in [0.15, 0.2) is 28.7 Å². The van der Waals surface area contributed by atoms with Crippen LogP contribution in [0, 0.1) is 5.82 Å². The minimum Gasteiger partial charge on any atom is -0.208 e. The van der Waals surface area contributed by atoms with E-state index in [1.807, 2.05) is 0 Å². The van der Waals surface area contributed by atoms with Crippen molar-refractivity contribution in [3.63, 3.8) is 0 Å². The van der Waals surface area contributed by atoms with E-state index in [9.17, 15) is 12.8 Å². The van der Waals surface area contributed by atoms with Gasteiger partial charge in [0.15, 0.2) is 0 Å². The molecule has 0 bridgehead atoms. The van der Waals surface area contributed by atoms with Crippen molar-refractivity contribution in [3.8, 4) is 0 Å². The maximum absolute atomic E-state index is 12.5. The lowest BCUT2D eigenvalue weighted by molar-refractivity contribution is 0.616. The molecule has 0 atom stereocenters. The third kappa shape index (κ3) is 4.13. The number of hydrogen-bond donors (Lipinski definition) is 1. The van der Waals surface area contributed by atoms with Gasteiger partial charge in [-0.25, -0.2) is 12.8 Å². The Labute approximate surface area is 83.4 Å². The highest BCUT2D eigenvalue weighted by atomic mass is 32.2. The average molecular weight is 215 g/mol. The molecule has 0 saturated heterocycles. The zero-order chi connectivity index (χ0) is 10.4. The summed E-state index contributed by atoms with van der Waals surface area (Å²) >= 11 is 0. The Morgan fingerprint density at radius 3 is 2.50 bits per heavy atom. The maximum atomic E-state index is 12.5. The van der Waals surface area contributed by atoms with Crippen molar-refractivity contribution in [2.24, 2.45) is 4.40 Å². The van der Waals surface area contributed by atoms with E-state index in [0.29, 0.717) is 12.8 Å². The van der Waals surface area contributed by atoms with Crippen LogP contribution in [0.2, 0.25) is 0 Å². The van der Waals surface area contributed by atoms with Crippen LogP contribution in [0.4, 0.5) is 4.39 Å². The van der Waals surface area contributed by atoms with Crippen LogP contribution in [0.3, 0.4) is 0 Å². The van der Waals surface area contributed by atoms with Crippen molar-refractivity contribution in [1.29, 1.82) is 0 Å². The van der Waals surface area contributed by atoms with Gasteiger partial charge < -0.3 is 0 Å². The van der Waals surface area contributed by atoms with Crippen LogP contribution >= 0.6 is 0 Å². The van der Waals surface area contributed by atoms with Gasteiger partial charge in [-0.2, -0.15) is 4.40 Å². The summed E-state index contributed by atoms with van der Waals surface area (Å²) < 4.78 is 35.8. The van der Waals surface area contributed by atoms with Gasteiger partial charge in [-0.3, -0.25) is 0 Å². The van der Waals surface area contributed by atoms with Crippen molar-refractivity contribution in [3.05, 3.63) is 35.6 Å². The molecule has 0 heterocycles. The molecule has 14 heavy (non-hydrogen) atoms. The SMILES string of the molecule is O=[SH](=O)N=CCCc1ccc(F)cc1. The minimum absolute atomic E-state index is 0.273. The van der Waals surface area contributed by atoms with Gasteiger partial charge in [0.2, 0.25) is 10.9 Å². The minimum atomic E-state index is -2.68. The standard InChI is InChI=1S/C9H10FNO2S/c10-9-5-3-8(4-6-9)2-1-7-11-14(12)13/h3-7,14H,1-2H2. The highest BCUT2D eigenvalue weighted by molar-refractivity contribution is 7.71. The van der Waals surface area contributed by atoms with Gasteiger partial charge in [-0.1, -0.05) is 12.1 Å². The van der Waals surface area contributed by atoms with E-state index in [4.69, 9.17) is 0 Å². The second kappa shape index (κ2) is 5.49. The number of aryl methyl sites for hydroxylation is 1. The fourth-order valence-corrected chi connectivity index (χ4v) is 1.26. The van der Waals surface area contributed by atoms with Crippen LogP contribution in [-0.4, -0.2) is 14.6 Å². The molecule has 0 saturated carbocycles. The molecule has 76 valence electrons. The average Bonchev–Trinajstić information content (AvgIpc) is 2.15. The molecule has 0 radical (unpaired) electrons. The molecule has 0 spiro atoms. The molecule has 1 aromatic rings. The molecule has 0 amide bonds. The molecular formula is C9H10FNO2S. The topological polar surface area (TPSA) is 46.5 Å². The van der Waals surface area contributed by atoms with Crippen LogP contribution < -0.4 is 0 Å². The Morgan fingerprint density at radius 2 is 1.93 bits per heavy atom. The van der Waals surface area contributed by atoms with E-state index in [1.165, 1.54) is 18.3 Å². The van der Waals surface area contributed by atoms with Gasteiger partial charge in [0.25, 0.3) is 0 Å². The quantitative estimate of drug-likeness (QED) is 0.609. The summed E-state index contributed by atoms with van der Waals surface area (Å²) in [5, 5.41) is 0. The smallest absolute Gasteiger partial charge is 0.208 e. The second-order valence-electron chi connectivity index (χ2n) is 2.70. The normalized spacial score (nSPS) is 11.3. The van der Waals surface area contributed by atoms with Gasteiger partial charge in [-0.05, 0) is 30.5 Å². The zero-order valence-electron chi connectivity index (χ0n) is 7.39. The molecule has 0 N–H and O–H groups in total. The molecule has 5 heteroatoms. The zero-order valence-corrected chi connectivity index (χ0v) is 8.28. The molecule has 0 aromatic heterocycles. The number of halogens is 1. The number of benzene rings is 1. The lowest BCUT2D eigenvalue weighted by atomic mass is 10.1. The molecule has 0 aliphatic heterocycles. The van der Waals surface area contributed by atoms with Crippen molar-refractivity contribution >= 4 is 17.1 Å². The van der Waals surface area contributed by atoms with Crippen molar-refractivity contribution in [1.82, 2.24) is 0 Å². The van der Waals surface area contributed by atoms with Crippen molar-refractivity contribution in [2.45, 2.75) is 12.8 Å². The van der Waals surface area contributed by atoms with Crippen LogP contribution in [-0.2, 0) is 17.3 Å². The van der Waals surface area contributed by atoms with Crippen LogP contribution in [0.1, 0.15) is 12.0 Å². The van der Waals surface area contributed by atoms with Crippen LogP contribution in [0.5, 0.6) is 0 Å². The third-order valence-corrected chi connectivity index (χ3v) is 2.00. The monoisotopic (exact) mass is 215 g/mol. The fraction of sp³-hybridized carbons (Fsp3) is 0.222. The highest BCUT2D eigenvalue weighted by Gasteiger charge is 1.92. The number of hydrogen-bond acceptors (Lipinski definition) is 2. The Hall–Kier alpha value is -1.23. The van der Waals surface area contributed by atoms with E-state index >= 15 is 0 Å². The number of rotatable bonds is 4. The van der Waals surface area contributed by atoms with E-state index in [-0.39, 0.29) is 5.82 Å². The van der Waals surface area contributed by atoms with Crippen molar-refractivity contribution in [2.75, 3.05) is 0 Å². The summed E-state index contributed by atoms with van der Waals surface area (Å²) in [7, 11) is -2.68. The van der Waals surface area contributed by atoms with Crippen LogP contribution in [0.25, 0.3) is 0 Å². The second-order valence-corrected chi connectivity index (χ2v) is 3.41. The summed E-state index contributed by atoms with van der Waals surface area (Å²) in [6.07, 6.45) is 2.54. The fourth-order valence-electron chi connectivity index (χ4n) is 1.01. The summed E-state index contributed by atoms with van der Waals surface area (Å²) in [4.78, 5) is 0. The van der Waals surface area contributed by atoms with Gasteiger partial charge in [0.1, 0.15) is 5.82 Å². The molecule has 3 nitrogen and oxygen atoms in total. The van der Waals surface area contributed by atoms with Gasteiger partial charge >= 0.3 is 0 Å². The molecular weight excluding hydrogens is 205 g/mol. The van der Waals surface area contributed by atoms with Gasteiger partial charge in [-0.15, -0.1) is 0 Å². The molecule has 0 fully saturated rings. The number of nitrogens with zero attached hydrogens (tertiary/aromatic N) is 1. The maximum Gasteiger partial charge on any atom is 0.242 e. The molecule has 1 rings (SSSR count). The summed E-state index contributed by atoms with van der Waals surface area (Å²) in [5.74, 6) is -0.273. The summed E-state index contributed by atoms with van der Waals surface area (Å²) in [6, 6.07) is 6.09. The van der Waals surface area contributed by atoms with E-state index in [1.54, 1.807) is 12.1 Å². The first-order valence-electron chi connectivity index (χ1n) is 4.10. The highest BCUT2D eigenvalue weighted by Crippen LogP contribution is 2.04. The predicted octanol–water partition coefficient (Wildman–Crippen LogP) is 1.36. The van der Waals surface area contributed by atoms with Gasteiger partial charge in [0, 0.05) is 6.21 Å². The molecule has 1 aromatic carbocycles. The van der Waals surface area contributed by atoms with Gasteiger partial charge in [0.05, 0.1) is 0 Å². The summed E-state index contributed by atoms with van der Waals surface area (Å²) in [5.41, 5.74) is 0.957. The van der Waals surface area contributed by atoms with E-state index in [0.717, 1.165) is 5.56 Å². The number of thiol groups is 1. The Morgan fingerprint density at radius 1 is 1.29 bits per heavy atom. The largest absolute Gasteiger partial charge is 0.242 e.